The standard InChI is InChI=1S/C21H26N2O7/c1-23-7-6-20-17-11-2-3-13(24)18(17)30-19(20)12(4-5-21(20,28)14(23)8-11)22-15(25)9-29-10-16(26)27/h2-3,12,14,19,24,28H,4-10H2,1H3,(H,22,25)(H,26,27)/t12?,14-,19+,20+,21-/m1/s1. The van der Waals surface area contributed by atoms with Crippen molar-refractivity contribution in [2.45, 2.75) is 54.9 Å². The number of nitrogens with zero attached hydrogens (tertiary/aromatic N) is 1. The first-order valence-corrected chi connectivity index (χ1v) is 10.3. The van der Waals surface area contributed by atoms with Gasteiger partial charge in [0.25, 0.3) is 0 Å². The third-order valence-corrected chi connectivity index (χ3v) is 7.53. The van der Waals surface area contributed by atoms with Crippen molar-refractivity contribution in [2.75, 3.05) is 26.8 Å². The number of likely N-dealkylation sites (tertiary alicyclic amines) is 1. The van der Waals surface area contributed by atoms with Gasteiger partial charge >= 0.3 is 5.97 Å². The topological polar surface area (TPSA) is 129 Å². The number of phenolic OH excluding ortho intramolecular Hbond substituents is 1. The van der Waals surface area contributed by atoms with Crippen molar-refractivity contribution in [1.29, 1.82) is 0 Å². The summed E-state index contributed by atoms with van der Waals surface area (Å²) >= 11 is 0. The molecule has 2 heterocycles. The molecule has 2 aliphatic heterocycles. The SMILES string of the molecule is CN1CC[C@]23c4c5ccc(O)c4O[C@H]2C(NC(=O)COCC(=O)O)CC[C@@]3(O)[C@H]1C5. The van der Waals surface area contributed by atoms with Crippen LogP contribution in [0.15, 0.2) is 12.1 Å². The minimum atomic E-state index is -1.14. The smallest absolute Gasteiger partial charge is 0.329 e. The van der Waals surface area contributed by atoms with Gasteiger partial charge in [0.1, 0.15) is 19.3 Å². The lowest BCUT2D eigenvalue weighted by atomic mass is 9.48. The van der Waals surface area contributed by atoms with Crippen molar-refractivity contribution in [1.82, 2.24) is 10.2 Å². The van der Waals surface area contributed by atoms with Crippen molar-refractivity contribution in [3.63, 3.8) is 0 Å². The van der Waals surface area contributed by atoms with E-state index >= 15 is 0 Å². The molecule has 5 atom stereocenters. The Balaban J connectivity index is 1.50. The van der Waals surface area contributed by atoms with Gasteiger partial charge in [-0.25, -0.2) is 4.79 Å². The van der Waals surface area contributed by atoms with E-state index < -0.39 is 35.6 Å². The van der Waals surface area contributed by atoms with Gasteiger partial charge in [0.05, 0.1) is 17.1 Å². The Labute approximate surface area is 173 Å². The summed E-state index contributed by atoms with van der Waals surface area (Å²) in [5.74, 6) is -1.09. The van der Waals surface area contributed by atoms with E-state index in [-0.39, 0.29) is 24.4 Å². The van der Waals surface area contributed by atoms with Gasteiger partial charge < -0.3 is 35.0 Å². The molecule has 0 radical (unpaired) electrons. The molecule has 1 saturated heterocycles. The molecule has 1 unspecified atom stereocenters. The van der Waals surface area contributed by atoms with Gasteiger partial charge in [0.15, 0.2) is 11.5 Å². The van der Waals surface area contributed by atoms with Crippen LogP contribution in [0.1, 0.15) is 30.4 Å². The monoisotopic (exact) mass is 418 g/mol. The number of amides is 1. The van der Waals surface area contributed by atoms with Gasteiger partial charge in [0.2, 0.25) is 5.91 Å². The lowest BCUT2D eigenvalue weighted by Gasteiger charge is -2.63. The third-order valence-electron chi connectivity index (χ3n) is 7.53. The number of carboxylic acids is 1. The Hall–Kier alpha value is -2.36. The first-order valence-electron chi connectivity index (χ1n) is 10.3. The van der Waals surface area contributed by atoms with Gasteiger partial charge in [-0.2, -0.15) is 0 Å². The number of ether oxygens (including phenoxy) is 2. The molecular weight excluding hydrogens is 392 g/mol. The summed E-state index contributed by atoms with van der Waals surface area (Å²) in [7, 11) is 2.03. The number of phenols is 1. The zero-order valence-corrected chi connectivity index (χ0v) is 16.8. The average molecular weight is 418 g/mol. The number of aliphatic carboxylic acids is 1. The predicted molar refractivity (Wildman–Crippen MR) is 104 cm³/mol. The van der Waals surface area contributed by atoms with E-state index in [1.165, 1.54) is 0 Å². The highest BCUT2D eigenvalue weighted by atomic mass is 16.5. The summed E-state index contributed by atoms with van der Waals surface area (Å²) in [6.07, 6.45) is 1.84. The first kappa shape index (κ1) is 19.6. The van der Waals surface area contributed by atoms with E-state index in [4.69, 9.17) is 14.6 Å². The lowest BCUT2D eigenvalue weighted by molar-refractivity contribution is -0.187. The molecule has 1 amide bonds. The molecule has 9 heteroatoms. The van der Waals surface area contributed by atoms with Crippen LogP contribution in [0.25, 0.3) is 0 Å². The van der Waals surface area contributed by atoms with Crippen LogP contribution in [0, 0.1) is 0 Å². The van der Waals surface area contributed by atoms with Gasteiger partial charge in [-0.1, -0.05) is 6.07 Å². The Morgan fingerprint density at radius 2 is 2.13 bits per heavy atom. The Kier molecular flexibility index (Phi) is 4.29. The summed E-state index contributed by atoms with van der Waals surface area (Å²) < 4.78 is 11.2. The van der Waals surface area contributed by atoms with Crippen LogP contribution < -0.4 is 10.1 Å². The fourth-order valence-corrected chi connectivity index (χ4v) is 6.38. The van der Waals surface area contributed by atoms with Gasteiger partial charge in [-0.3, -0.25) is 4.79 Å². The number of carboxylic acid groups (broad SMARTS) is 1. The third kappa shape index (κ3) is 2.45. The molecule has 1 aromatic rings. The van der Waals surface area contributed by atoms with Crippen LogP contribution in [0.2, 0.25) is 0 Å². The number of aliphatic hydroxyl groups is 1. The van der Waals surface area contributed by atoms with Gasteiger partial charge in [-0.05, 0) is 50.9 Å². The summed E-state index contributed by atoms with van der Waals surface area (Å²) in [4.78, 5) is 25.2. The van der Waals surface area contributed by atoms with Crippen LogP contribution in [0.5, 0.6) is 11.5 Å². The summed E-state index contributed by atoms with van der Waals surface area (Å²) in [6, 6.07) is 3.11. The highest BCUT2D eigenvalue weighted by molar-refractivity contribution is 5.78. The second-order valence-electron chi connectivity index (χ2n) is 8.93. The molecule has 5 rings (SSSR count). The van der Waals surface area contributed by atoms with Crippen molar-refractivity contribution in [3.05, 3.63) is 23.3 Å². The number of hydrogen-bond acceptors (Lipinski definition) is 7. The molecule has 2 aliphatic carbocycles. The maximum Gasteiger partial charge on any atom is 0.329 e. The van der Waals surface area contributed by atoms with E-state index in [2.05, 4.69) is 10.2 Å². The zero-order valence-electron chi connectivity index (χ0n) is 16.8. The number of rotatable bonds is 5. The van der Waals surface area contributed by atoms with Crippen molar-refractivity contribution >= 4 is 11.9 Å². The minimum absolute atomic E-state index is 0.0483. The highest BCUT2D eigenvalue weighted by Gasteiger charge is 2.72. The molecule has 2 fully saturated rings. The quantitative estimate of drug-likeness (QED) is 0.516. The van der Waals surface area contributed by atoms with Crippen molar-refractivity contribution in [3.8, 4) is 11.5 Å². The Morgan fingerprint density at radius 3 is 2.90 bits per heavy atom. The highest BCUT2D eigenvalue weighted by Crippen LogP contribution is 2.65. The van der Waals surface area contributed by atoms with Crippen LogP contribution in [0.4, 0.5) is 0 Å². The molecule has 0 aromatic heterocycles. The van der Waals surface area contributed by atoms with Crippen LogP contribution >= 0.6 is 0 Å². The molecular formula is C21H26N2O7. The number of likely N-dealkylation sites (N-methyl/N-ethyl adjacent to an activating group) is 1. The molecule has 162 valence electrons. The fraction of sp³-hybridized carbons (Fsp3) is 0.619. The molecule has 1 aromatic carbocycles. The molecule has 1 saturated carbocycles. The molecule has 2 bridgehead atoms. The predicted octanol–water partition coefficient (Wildman–Crippen LogP) is -0.238. The number of benzene rings is 1. The number of nitrogens with one attached hydrogen (secondary N) is 1. The van der Waals surface area contributed by atoms with Crippen molar-refractivity contribution in [2.24, 2.45) is 0 Å². The van der Waals surface area contributed by atoms with Crippen LogP contribution in [-0.2, 0) is 26.2 Å². The second-order valence-corrected chi connectivity index (χ2v) is 8.93. The van der Waals surface area contributed by atoms with E-state index in [9.17, 15) is 19.8 Å². The molecule has 30 heavy (non-hydrogen) atoms. The lowest BCUT2D eigenvalue weighted by Crippen LogP contribution is -2.77. The number of aromatic hydroxyl groups is 1. The number of carbonyl (C=O) groups excluding carboxylic acids is 1. The fourth-order valence-electron chi connectivity index (χ4n) is 6.38. The summed E-state index contributed by atoms with van der Waals surface area (Å²) in [6.45, 7) is -0.121. The molecule has 1 spiro atoms. The van der Waals surface area contributed by atoms with Gasteiger partial charge in [0, 0.05) is 11.6 Å². The van der Waals surface area contributed by atoms with E-state index in [0.717, 1.165) is 17.7 Å². The largest absolute Gasteiger partial charge is 0.504 e. The molecule has 4 N–H and O–H groups in total. The van der Waals surface area contributed by atoms with Crippen LogP contribution in [0.3, 0.4) is 0 Å². The maximum absolute atomic E-state index is 12.4. The van der Waals surface area contributed by atoms with Crippen LogP contribution in [-0.4, -0.2) is 82.7 Å². The van der Waals surface area contributed by atoms with Gasteiger partial charge in [-0.15, -0.1) is 0 Å². The normalized spacial score (nSPS) is 36.0. The Morgan fingerprint density at radius 1 is 1.33 bits per heavy atom. The minimum Gasteiger partial charge on any atom is -0.504 e. The van der Waals surface area contributed by atoms with E-state index in [1.54, 1.807) is 6.07 Å². The number of hydrogen-bond donors (Lipinski definition) is 4. The molecule has 9 nitrogen and oxygen atoms in total. The number of carbonyl (C=O) groups is 2. The zero-order chi connectivity index (χ0) is 21.3. The second kappa shape index (κ2) is 6.57. The maximum atomic E-state index is 12.4. The number of piperidine rings is 1. The van der Waals surface area contributed by atoms with E-state index in [1.807, 2.05) is 13.1 Å². The summed E-state index contributed by atoms with van der Waals surface area (Å²) in [5.41, 5.74) is 0.241. The molecule has 4 aliphatic rings. The first-order chi connectivity index (χ1) is 14.3. The summed E-state index contributed by atoms with van der Waals surface area (Å²) in [5, 5.41) is 34.1. The Bertz CT molecular complexity index is 921. The average Bonchev–Trinajstić information content (AvgIpc) is 3.04. The van der Waals surface area contributed by atoms with Crippen molar-refractivity contribution < 1.29 is 34.4 Å². The van der Waals surface area contributed by atoms with E-state index in [0.29, 0.717) is 31.4 Å².